The molecule has 4 nitrogen and oxygen atoms in total. The fourth-order valence-corrected chi connectivity index (χ4v) is 2.83. The van der Waals surface area contributed by atoms with Crippen molar-refractivity contribution < 1.29 is 9.53 Å². The first-order chi connectivity index (χ1) is 10.1. The van der Waals surface area contributed by atoms with Crippen molar-refractivity contribution in [2.45, 2.75) is 26.3 Å². The minimum Gasteiger partial charge on any atom is -0.467 e. The summed E-state index contributed by atoms with van der Waals surface area (Å²) < 4.78 is 4.85. The number of carbonyl (C=O) groups is 1. The molecule has 21 heavy (non-hydrogen) atoms. The van der Waals surface area contributed by atoms with E-state index in [2.05, 4.69) is 24.1 Å². The zero-order valence-corrected chi connectivity index (χ0v) is 13.3. The maximum absolute atomic E-state index is 11.8. The van der Waals surface area contributed by atoms with Crippen LogP contribution >= 0.6 is 11.3 Å². The molecule has 2 rings (SSSR count). The second-order valence-electron chi connectivity index (χ2n) is 5.25. The molecule has 0 aliphatic rings. The number of methoxy groups -OCH3 is 1. The van der Waals surface area contributed by atoms with E-state index in [4.69, 9.17) is 4.74 Å². The van der Waals surface area contributed by atoms with Crippen LogP contribution in [0.25, 0.3) is 11.3 Å². The summed E-state index contributed by atoms with van der Waals surface area (Å²) in [4.78, 5) is 16.4. The zero-order chi connectivity index (χ0) is 15.2. The molecule has 2 aromatic rings. The van der Waals surface area contributed by atoms with Gasteiger partial charge in [-0.05, 0) is 12.3 Å². The summed E-state index contributed by atoms with van der Waals surface area (Å²) in [7, 11) is 1.41. The van der Waals surface area contributed by atoms with Gasteiger partial charge in [-0.3, -0.25) is 0 Å². The molecule has 1 N–H and O–H groups in total. The van der Waals surface area contributed by atoms with E-state index in [1.807, 2.05) is 35.7 Å². The largest absolute Gasteiger partial charge is 0.467 e. The van der Waals surface area contributed by atoms with Crippen LogP contribution in [0.2, 0.25) is 0 Å². The van der Waals surface area contributed by atoms with Gasteiger partial charge in [-0.15, -0.1) is 11.3 Å². The lowest BCUT2D eigenvalue weighted by Crippen LogP contribution is -2.32. The highest BCUT2D eigenvalue weighted by Gasteiger charge is 2.21. The number of aromatic nitrogens is 1. The first-order valence-electron chi connectivity index (χ1n) is 6.95. The summed E-state index contributed by atoms with van der Waals surface area (Å²) >= 11 is 1.50. The van der Waals surface area contributed by atoms with E-state index in [9.17, 15) is 4.79 Å². The lowest BCUT2D eigenvalue weighted by molar-refractivity contribution is -0.141. The van der Waals surface area contributed by atoms with Gasteiger partial charge >= 0.3 is 5.97 Å². The Labute approximate surface area is 129 Å². The Morgan fingerprint density at radius 2 is 2.05 bits per heavy atom. The quantitative estimate of drug-likeness (QED) is 0.825. The van der Waals surface area contributed by atoms with E-state index in [1.165, 1.54) is 18.4 Å². The second-order valence-corrected chi connectivity index (χ2v) is 6.11. The average molecular weight is 304 g/mol. The molecular weight excluding hydrogens is 284 g/mol. The molecule has 1 aromatic carbocycles. The molecule has 0 saturated heterocycles. The third kappa shape index (κ3) is 4.29. The number of anilines is 1. The van der Waals surface area contributed by atoms with Crippen molar-refractivity contribution >= 4 is 22.4 Å². The first kappa shape index (κ1) is 15.5. The van der Waals surface area contributed by atoms with Crippen LogP contribution < -0.4 is 5.32 Å². The van der Waals surface area contributed by atoms with E-state index in [0.717, 1.165) is 16.4 Å². The van der Waals surface area contributed by atoms with Gasteiger partial charge in [0.1, 0.15) is 6.04 Å². The molecular formula is C16H20N2O2S. The molecule has 0 radical (unpaired) electrons. The Morgan fingerprint density at radius 3 is 2.67 bits per heavy atom. The lowest BCUT2D eigenvalue weighted by Gasteiger charge is -2.17. The van der Waals surface area contributed by atoms with Crippen molar-refractivity contribution in [3.63, 3.8) is 0 Å². The van der Waals surface area contributed by atoms with E-state index in [1.54, 1.807) is 0 Å². The van der Waals surface area contributed by atoms with Crippen molar-refractivity contribution in [1.29, 1.82) is 0 Å². The summed E-state index contributed by atoms with van der Waals surface area (Å²) in [5.74, 6) is 0.148. The highest BCUT2D eigenvalue weighted by Crippen LogP contribution is 2.25. The van der Waals surface area contributed by atoms with Gasteiger partial charge < -0.3 is 10.1 Å². The SMILES string of the molecule is COC(=O)C(CC(C)C)Nc1nc(-c2ccccc2)cs1. The Kier molecular flexibility index (Phi) is 5.33. The Morgan fingerprint density at radius 1 is 1.33 bits per heavy atom. The normalized spacial score (nSPS) is 12.2. The van der Waals surface area contributed by atoms with Crippen LogP contribution in [-0.2, 0) is 9.53 Å². The number of carbonyl (C=O) groups excluding carboxylic acids is 1. The number of ether oxygens (including phenoxy) is 1. The summed E-state index contributed by atoms with van der Waals surface area (Å²) in [6.45, 7) is 4.16. The Balaban J connectivity index is 2.11. The molecule has 0 amide bonds. The van der Waals surface area contributed by atoms with E-state index >= 15 is 0 Å². The Bertz CT molecular complexity index is 581. The van der Waals surface area contributed by atoms with Gasteiger partial charge in [0, 0.05) is 10.9 Å². The number of hydrogen-bond acceptors (Lipinski definition) is 5. The standard InChI is InChI=1S/C16H20N2O2S/c1-11(2)9-13(15(19)20-3)17-16-18-14(10-21-16)12-7-5-4-6-8-12/h4-8,10-11,13H,9H2,1-3H3,(H,17,18). The predicted molar refractivity (Wildman–Crippen MR) is 86.4 cm³/mol. The van der Waals surface area contributed by atoms with Crippen LogP contribution in [0.15, 0.2) is 35.7 Å². The molecule has 1 heterocycles. The summed E-state index contributed by atoms with van der Waals surface area (Å²) in [6.07, 6.45) is 0.715. The predicted octanol–water partition coefficient (Wildman–Crippen LogP) is 3.81. The fraction of sp³-hybridized carbons (Fsp3) is 0.375. The third-order valence-corrected chi connectivity index (χ3v) is 3.84. The van der Waals surface area contributed by atoms with Crippen LogP contribution in [0.3, 0.4) is 0 Å². The Hall–Kier alpha value is -1.88. The molecule has 0 spiro atoms. The van der Waals surface area contributed by atoms with Crippen molar-refractivity contribution in [2.24, 2.45) is 5.92 Å². The summed E-state index contributed by atoms with van der Waals surface area (Å²) in [6, 6.07) is 9.63. The maximum atomic E-state index is 11.8. The first-order valence-corrected chi connectivity index (χ1v) is 7.83. The van der Waals surface area contributed by atoms with Crippen LogP contribution in [0.4, 0.5) is 5.13 Å². The minimum atomic E-state index is -0.357. The van der Waals surface area contributed by atoms with E-state index in [0.29, 0.717) is 12.3 Å². The number of rotatable bonds is 6. The molecule has 1 unspecified atom stereocenters. The number of hydrogen-bond donors (Lipinski definition) is 1. The molecule has 0 fully saturated rings. The van der Waals surface area contributed by atoms with Gasteiger partial charge in [0.05, 0.1) is 12.8 Å². The van der Waals surface area contributed by atoms with Crippen LogP contribution in [0, 0.1) is 5.92 Å². The minimum absolute atomic E-state index is 0.250. The number of esters is 1. The van der Waals surface area contributed by atoms with Crippen molar-refractivity contribution in [2.75, 3.05) is 12.4 Å². The highest BCUT2D eigenvalue weighted by atomic mass is 32.1. The molecule has 1 atom stereocenters. The number of nitrogens with one attached hydrogen (secondary N) is 1. The number of thiazole rings is 1. The van der Waals surface area contributed by atoms with Crippen molar-refractivity contribution in [3.8, 4) is 11.3 Å². The van der Waals surface area contributed by atoms with Crippen LogP contribution in [0.5, 0.6) is 0 Å². The van der Waals surface area contributed by atoms with Gasteiger partial charge in [0.25, 0.3) is 0 Å². The molecule has 0 saturated carbocycles. The average Bonchev–Trinajstić information content (AvgIpc) is 2.95. The molecule has 0 bridgehead atoms. The smallest absolute Gasteiger partial charge is 0.328 e. The molecule has 112 valence electrons. The summed E-state index contributed by atoms with van der Waals surface area (Å²) in [5.41, 5.74) is 1.98. The lowest BCUT2D eigenvalue weighted by atomic mass is 10.0. The van der Waals surface area contributed by atoms with Crippen LogP contribution in [-0.4, -0.2) is 24.1 Å². The third-order valence-electron chi connectivity index (χ3n) is 3.06. The van der Waals surface area contributed by atoms with Gasteiger partial charge in [0.15, 0.2) is 5.13 Å². The summed E-state index contributed by atoms with van der Waals surface area (Å²) in [5, 5.41) is 5.91. The maximum Gasteiger partial charge on any atom is 0.328 e. The van der Waals surface area contributed by atoms with Gasteiger partial charge in [-0.2, -0.15) is 0 Å². The molecule has 1 aromatic heterocycles. The monoisotopic (exact) mass is 304 g/mol. The van der Waals surface area contributed by atoms with Gasteiger partial charge in [-0.1, -0.05) is 44.2 Å². The van der Waals surface area contributed by atoms with Gasteiger partial charge in [-0.25, -0.2) is 9.78 Å². The van der Waals surface area contributed by atoms with Crippen LogP contribution in [0.1, 0.15) is 20.3 Å². The highest BCUT2D eigenvalue weighted by molar-refractivity contribution is 7.14. The van der Waals surface area contributed by atoms with Crippen molar-refractivity contribution in [3.05, 3.63) is 35.7 Å². The van der Waals surface area contributed by atoms with Crippen molar-refractivity contribution in [1.82, 2.24) is 4.98 Å². The van der Waals surface area contributed by atoms with E-state index < -0.39 is 0 Å². The van der Waals surface area contributed by atoms with Gasteiger partial charge in [0.2, 0.25) is 0 Å². The fourth-order valence-electron chi connectivity index (χ4n) is 2.06. The second kappa shape index (κ2) is 7.22. The topological polar surface area (TPSA) is 51.2 Å². The number of benzene rings is 1. The molecule has 0 aliphatic heterocycles. The molecule has 0 aliphatic carbocycles. The zero-order valence-electron chi connectivity index (χ0n) is 12.5. The van der Waals surface area contributed by atoms with E-state index in [-0.39, 0.29) is 12.0 Å². The molecule has 5 heteroatoms. The number of nitrogens with zero attached hydrogens (tertiary/aromatic N) is 1.